The third-order valence-corrected chi connectivity index (χ3v) is 4.25. The number of carboxylic acids is 1. The van der Waals surface area contributed by atoms with Gasteiger partial charge in [-0.05, 0) is 37.6 Å². The largest absolute Gasteiger partial charge is 0.480 e. The number of carboxylic acid groups (broad SMARTS) is 1. The van der Waals surface area contributed by atoms with Crippen LogP contribution in [-0.2, 0) is 4.79 Å². The summed E-state index contributed by atoms with van der Waals surface area (Å²) in [5.41, 5.74) is 0.827. The highest BCUT2D eigenvalue weighted by Crippen LogP contribution is 2.30. The van der Waals surface area contributed by atoms with Crippen LogP contribution in [-0.4, -0.2) is 39.1 Å². The Bertz CT molecular complexity index is 514. The molecule has 1 aromatic rings. The summed E-state index contributed by atoms with van der Waals surface area (Å²) in [6.07, 6.45) is 0. The van der Waals surface area contributed by atoms with Gasteiger partial charge in [0.05, 0.1) is 5.37 Å². The van der Waals surface area contributed by atoms with Gasteiger partial charge in [0.1, 0.15) is 11.9 Å². The molecular weight excluding hydrogens is 269 g/mol. The molecule has 2 atom stereocenters. The highest BCUT2D eigenvalue weighted by Gasteiger charge is 2.39. The molecule has 1 heterocycles. The quantitative estimate of drug-likeness (QED) is 0.903. The lowest BCUT2D eigenvalue weighted by molar-refractivity contribution is -0.141. The third kappa shape index (κ3) is 2.73. The minimum absolute atomic E-state index is 0.193. The molecule has 0 radical (unpaired) electrons. The van der Waals surface area contributed by atoms with E-state index in [0.717, 1.165) is 6.07 Å². The summed E-state index contributed by atoms with van der Waals surface area (Å²) in [5, 5.41) is 8.90. The molecule has 0 spiro atoms. The zero-order valence-electron chi connectivity index (χ0n) is 10.6. The summed E-state index contributed by atoms with van der Waals surface area (Å²) in [4.78, 5) is 24.8. The first-order chi connectivity index (χ1) is 8.90. The molecule has 1 amide bonds. The molecule has 19 heavy (non-hydrogen) atoms. The van der Waals surface area contributed by atoms with Crippen LogP contribution in [0.3, 0.4) is 0 Å². The molecule has 1 aromatic carbocycles. The molecule has 1 saturated heterocycles. The fourth-order valence-corrected chi connectivity index (χ4v) is 3.32. The molecule has 1 aliphatic rings. The van der Waals surface area contributed by atoms with Crippen molar-refractivity contribution in [3.05, 3.63) is 35.1 Å². The number of thioether (sulfide) groups is 1. The lowest BCUT2D eigenvalue weighted by Gasteiger charge is -2.25. The van der Waals surface area contributed by atoms with Gasteiger partial charge in [0.25, 0.3) is 5.91 Å². The summed E-state index contributed by atoms with van der Waals surface area (Å²) >= 11 is 1.40. The van der Waals surface area contributed by atoms with Crippen LogP contribution in [0.5, 0.6) is 0 Å². The molecule has 1 fully saturated rings. The Morgan fingerprint density at radius 3 is 2.68 bits per heavy atom. The molecule has 1 N–H and O–H groups in total. The van der Waals surface area contributed by atoms with Gasteiger partial charge in [0, 0.05) is 11.3 Å². The van der Waals surface area contributed by atoms with Crippen LogP contribution >= 0.6 is 11.8 Å². The van der Waals surface area contributed by atoms with E-state index >= 15 is 0 Å². The van der Waals surface area contributed by atoms with Gasteiger partial charge in [-0.2, -0.15) is 0 Å². The van der Waals surface area contributed by atoms with E-state index in [1.54, 1.807) is 19.9 Å². The second-order valence-electron chi connectivity index (χ2n) is 4.52. The maximum Gasteiger partial charge on any atom is 0.327 e. The number of benzene rings is 1. The molecule has 0 bridgehead atoms. The third-order valence-electron chi connectivity index (χ3n) is 3.03. The predicted molar refractivity (Wildman–Crippen MR) is 70.7 cm³/mol. The van der Waals surface area contributed by atoms with E-state index in [1.807, 2.05) is 0 Å². The Kier molecular flexibility index (Phi) is 3.80. The Morgan fingerprint density at radius 1 is 1.42 bits per heavy atom. The van der Waals surface area contributed by atoms with Gasteiger partial charge in [-0.3, -0.25) is 4.79 Å². The Hall–Kier alpha value is -1.56. The number of nitrogens with zero attached hydrogens (tertiary/aromatic N) is 1. The first kappa shape index (κ1) is 13.9. The molecule has 0 aromatic heterocycles. The second-order valence-corrected chi connectivity index (χ2v) is 5.87. The first-order valence-corrected chi connectivity index (χ1v) is 6.89. The van der Waals surface area contributed by atoms with Crippen molar-refractivity contribution in [2.24, 2.45) is 0 Å². The predicted octanol–water partition coefficient (Wildman–Crippen LogP) is 2.12. The number of hydrogen-bond donors (Lipinski definition) is 1. The summed E-state index contributed by atoms with van der Waals surface area (Å²) in [5.74, 6) is -1.60. The zero-order valence-corrected chi connectivity index (χ0v) is 11.4. The summed E-state index contributed by atoms with van der Waals surface area (Å²) < 4.78 is 13.3. The van der Waals surface area contributed by atoms with Gasteiger partial charge >= 0.3 is 5.97 Å². The Morgan fingerprint density at radius 2 is 2.11 bits per heavy atom. The standard InChI is InChI=1S/C13H14FNO3S/c1-7-3-9(5-10(14)4-7)12(16)15-8(2)19-6-11(15)13(17)18/h3-5,8,11H,6H2,1-2H3,(H,17,18). The molecule has 2 rings (SSSR count). The van der Waals surface area contributed by atoms with Crippen molar-refractivity contribution in [1.29, 1.82) is 0 Å². The van der Waals surface area contributed by atoms with Crippen LogP contribution in [0.15, 0.2) is 18.2 Å². The van der Waals surface area contributed by atoms with Crippen LogP contribution in [0.1, 0.15) is 22.8 Å². The van der Waals surface area contributed by atoms with E-state index in [4.69, 9.17) is 5.11 Å². The van der Waals surface area contributed by atoms with E-state index in [1.165, 1.54) is 22.7 Å². The van der Waals surface area contributed by atoms with Gasteiger partial charge in [-0.25, -0.2) is 9.18 Å². The Balaban J connectivity index is 2.34. The number of amides is 1. The number of carbonyl (C=O) groups is 2. The molecule has 1 aliphatic heterocycles. The highest BCUT2D eigenvalue weighted by atomic mass is 32.2. The van der Waals surface area contributed by atoms with Crippen LogP contribution < -0.4 is 0 Å². The van der Waals surface area contributed by atoms with Crippen molar-refractivity contribution in [1.82, 2.24) is 4.90 Å². The van der Waals surface area contributed by atoms with Crippen molar-refractivity contribution in [2.45, 2.75) is 25.3 Å². The van der Waals surface area contributed by atoms with E-state index in [0.29, 0.717) is 11.3 Å². The van der Waals surface area contributed by atoms with Crippen LogP contribution in [0.4, 0.5) is 4.39 Å². The van der Waals surface area contributed by atoms with Gasteiger partial charge in [0.2, 0.25) is 0 Å². The summed E-state index contributed by atoms with van der Waals surface area (Å²) in [7, 11) is 0. The number of halogens is 1. The Labute approximate surface area is 114 Å². The van der Waals surface area contributed by atoms with Gasteiger partial charge in [-0.15, -0.1) is 11.8 Å². The number of rotatable bonds is 2. The van der Waals surface area contributed by atoms with Crippen molar-refractivity contribution in [2.75, 3.05) is 5.75 Å². The fraction of sp³-hybridized carbons (Fsp3) is 0.385. The minimum atomic E-state index is -1.03. The van der Waals surface area contributed by atoms with Crippen molar-refractivity contribution in [3.8, 4) is 0 Å². The molecular formula is C13H14FNO3S. The van der Waals surface area contributed by atoms with Crippen LogP contribution in [0, 0.1) is 12.7 Å². The first-order valence-electron chi connectivity index (χ1n) is 5.84. The average molecular weight is 283 g/mol. The van der Waals surface area contributed by atoms with E-state index in [2.05, 4.69) is 0 Å². The maximum atomic E-state index is 13.3. The lowest BCUT2D eigenvalue weighted by Crippen LogP contribution is -2.44. The van der Waals surface area contributed by atoms with Crippen LogP contribution in [0.25, 0.3) is 0 Å². The van der Waals surface area contributed by atoms with Crippen molar-refractivity contribution in [3.63, 3.8) is 0 Å². The average Bonchev–Trinajstić information content (AvgIpc) is 2.69. The maximum absolute atomic E-state index is 13.3. The normalized spacial score (nSPS) is 22.6. The van der Waals surface area contributed by atoms with E-state index in [9.17, 15) is 14.0 Å². The molecule has 0 aliphatic carbocycles. The SMILES string of the molecule is Cc1cc(F)cc(C(=O)N2C(C)SCC2C(=O)O)c1. The summed E-state index contributed by atoms with van der Waals surface area (Å²) in [6, 6.07) is 3.19. The molecule has 4 nitrogen and oxygen atoms in total. The van der Waals surface area contributed by atoms with Crippen LogP contribution in [0.2, 0.25) is 0 Å². The highest BCUT2D eigenvalue weighted by molar-refractivity contribution is 8.00. The number of aryl methyl sites for hydroxylation is 1. The molecule has 0 saturated carbocycles. The topological polar surface area (TPSA) is 57.6 Å². The monoisotopic (exact) mass is 283 g/mol. The van der Waals surface area contributed by atoms with Gasteiger partial charge < -0.3 is 10.0 Å². The van der Waals surface area contributed by atoms with E-state index in [-0.39, 0.29) is 10.9 Å². The van der Waals surface area contributed by atoms with Crippen molar-refractivity contribution >= 4 is 23.6 Å². The fourth-order valence-electron chi connectivity index (χ4n) is 2.15. The minimum Gasteiger partial charge on any atom is -0.480 e. The molecule has 2 unspecified atom stereocenters. The summed E-state index contributed by atoms with van der Waals surface area (Å²) in [6.45, 7) is 3.47. The smallest absolute Gasteiger partial charge is 0.327 e. The molecule has 102 valence electrons. The van der Waals surface area contributed by atoms with Gasteiger partial charge in [0.15, 0.2) is 0 Å². The zero-order chi connectivity index (χ0) is 14.2. The van der Waals surface area contributed by atoms with E-state index < -0.39 is 23.7 Å². The van der Waals surface area contributed by atoms with Crippen molar-refractivity contribution < 1.29 is 19.1 Å². The number of hydrogen-bond acceptors (Lipinski definition) is 3. The number of carbonyl (C=O) groups excluding carboxylic acids is 1. The van der Waals surface area contributed by atoms with Gasteiger partial charge in [-0.1, -0.05) is 0 Å². The molecule has 6 heteroatoms. The number of aliphatic carboxylic acids is 1. The lowest BCUT2D eigenvalue weighted by atomic mass is 10.1. The second kappa shape index (κ2) is 5.21.